The topological polar surface area (TPSA) is 60.4 Å². The van der Waals surface area contributed by atoms with Gasteiger partial charge in [0, 0.05) is 17.3 Å². The average molecular weight is 483 g/mol. The minimum absolute atomic E-state index is 0.218. The van der Waals surface area contributed by atoms with E-state index in [0.29, 0.717) is 11.5 Å². The van der Waals surface area contributed by atoms with E-state index >= 15 is 0 Å². The van der Waals surface area contributed by atoms with Crippen LogP contribution in [0, 0.1) is 13.8 Å². The van der Waals surface area contributed by atoms with Crippen LogP contribution >= 0.6 is 0 Å². The normalized spacial score (nSPS) is 14.2. The summed E-state index contributed by atoms with van der Waals surface area (Å²) in [6.45, 7) is 8.06. The summed E-state index contributed by atoms with van der Waals surface area (Å²) in [5.74, 6) is 1.29. The molecule has 1 aliphatic heterocycles. The smallest absolute Gasteiger partial charge is 0.360 e. The Hall–Kier alpha value is -4.32. The van der Waals surface area contributed by atoms with Crippen molar-refractivity contribution in [2.24, 2.45) is 5.10 Å². The van der Waals surface area contributed by atoms with Gasteiger partial charge < -0.3 is 14.2 Å². The van der Waals surface area contributed by atoms with Gasteiger partial charge in [0.1, 0.15) is 18.1 Å². The maximum absolute atomic E-state index is 13.0. The second-order valence-corrected chi connectivity index (χ2v) is 8.44. The summed E-state index contributed by atoms with van der Waals surface area (Å²) in [5.41, 5.74) is 5.77. The van der Waals surface area contributed by atoms with Crippen LogP contribution in [0.25, 0.3) is 11.5 Å². The van der Waals surface area contributed by atoms with E-state index in [1.165, 1.54) is 7.11 Å². The quantitative estimate of drug-likeness (QED) is 0.273. The second-order valence-electron chi connectivity index (χ2n) is 8.44. The molecule has 6 heteroatoms. The predicted octanol–water partition coefficient (Wildman–Crippen LogP) is 6.84. The van der Waals surface area contributed by atoms with Crippen LogP contribution in [0.2, 0.25) is 0 Å². The summed E-state index contributed by atoms with van der Waals surface area (Å²) in [4.78, 5) is 13.0. The van der Waals surface area contributed by atoms with E-state index in [2.05, 4.69) is 11.2 Å². The monoisotopic (exact) mass is 482 g/mol. The minimum Gasteiger partial charge on any atom is -0.486 e. The summed E-state index contributed by atoms with van der Waals surface area (Å²) in [6.07, 6.45) is 3.53. The number of benzene rings is 3. The number of ether oxygens (including phenoxy) is 3. The molecule has 0 amide bonds. The van der Waals surface area contributed by atoms with Crippen molar-refractivity contribution in [3.63, 3.8) is 0 Å². The molecule has 3 aromatic carbocycles. The first-order valence-corrected chi connectivity index (χ1v) is 11.8. The van der Waals surface area contributed by atoms with Gasteiger partial charge in [-0.2, -0.15) is 5.10 Å². The molecule has 184 valence electrons. The zero-order valence-corrected chi connectivity index (χ0v) is 21.2. The first-order chi connectivity index (χ1) is 17.4. The predicted molar refractivity (Wildman–Crippen MR) is 142 cm³/mol. The number of hydrazone groups is 1. The van der Waals surface area contributed by atoms with Crippen molar-refractivity contribution in [2.75, 3.05) is 7.11 Å². The molecule has 0 radical (unpaired) electrons. The van der Waals surface area contributed by atoms with Crippen LogP contribution in [-0.4, -0.2) is 24.3 Å². The highest BCUT2D eigenvalue weighted by Gasteiger charge is 2.35. The van der Waals surface area contributed by atoms with E-state index in [9.17, 15) is 4.79 Å². The molecule has 0 saturated heterocycles. The van der Waals surface area contributed by atoms with E-state index in [4.69, 9.17) is 14.2 Å². The number of allylic oxidation sites excluding steroid dienone is 1. The molecule has 3 aromatic rings. The largest absolute Gasteiger partial charge is 0.486 e. The maximum atomic E-state index is 13.0. The number of fused-ring (bicyclic) bond motifs is 1. The van der Waals surface area contributed by atoms with Gasteiger partial charge in [0.25, 0.3) is 0 Å². The Kier molecular flexibility index (Phi) is 7.54. The first-order valence-electron chi connectivity index (χ1n) is 11.8. The highest BCUT2D eigenvalue weighted by molar-refractivity contribution is 6.01. The van der Waals surface area contributed by atoms with Gasteiger partial charge in [-0.25, -0.2) is 9.80 Å². The third-order valence-corrected chi connectivity index (χ3v) is 5.71. The summed E-state index contributed by atoms with van der Waals surface area (Å²) in [5, 5.41) is 6.05. The molecule has 0 aliphatic carbocycles. The van der Waals surface area contributed by atoms with Crippen LogP contribution in [-0.2, 0) is 20.9 Å². The molecule has 6 nitrogen and oxygen atoms in total. The zero-order valence-electron chi connectivity index (χ0n) is 21.2. The van der Waals surface area contributed by atoms with Crippen LogP contribution < -0.4 is 4.74 Å². The lowest BCUT2D eigenvalue weighted by Crippen LogP contribution is -2.29. The fraction of sp³-hybridized carbons (Fsp3) is 0.200. The highest BCUT2D eigenvalue weighted by Crippen LogP contribution is 2.42. The van der Waals surface area contributed by atoms with Gasteiger partial charge in [-0.1, -0.05) is 42.5 Å². The van der Waals surface area contributed by atoms with Crippen LogP contribution in [0.1, 0.15) is 41.7 Å². The van der Waals surface area contributed by atoms with Gasteiger partial charge in [0.2, 0.25) is 0 Å². The number of hydrogen-bond acceptors (Lipinski definition) is 6. The van der Waals surface area contributed by atoms with Crippen LogP contribution in [0.5, 0.6) is 11.5 Å². The molecule has 0 fully saturated rings. The number of aryl methyl sites for hydroxylation is 2. The molecule has 0 N–H and O–H groups in total. The molecule has 1 heterocycles. The van der Waals surface area contributed by atoms with Crippen molar-refractivity contribution in [2.45, 2.75) is 34.3 Å². The molecular weight excluding hydrogens is 452 g/mol. The van der Waals surface area contributed by atoms with Crippen molar-refractivity contribution >= 4 is 23.6 Å². The van der Waals surface area contributed by atoms with E-state index < -0.39 is 5.97 Å². The Morgan fingerprint density at radius 3 is 2.28 bits per heavy atom. The number of carbonyl (C=O) groups is 1. The van der Waals surface area contributed by atoms with Crippen molar-refractivity contribution in [1.82, 2.24) is 5.01 Å². The lowest BCUT2D eigenvalue weighted by molar-refractivity contribution is -0.137. The molecule has 36 heavy (non-hydrogen) atoms. The van der Waals surface area contributed by atoms with E-state index in [1.54, 1.807) is 18.1 Å². The number of esters is 1. The maximum Gasteiger partial charge on any atom is 0.360 e. The number of methoxy groups -OCH3 is 1. The van der Waals surface area contributed by atoms with Crippen molar-refractivity contribution in [3.05, 3.63) is 106 Å². The van der Waals surface area contributed by atoms with Gasteiger partial charge in [0.15, 0.2) is 11.5 Å². The lowest BCUT2D eigenvalue weighted by atomic mass is 9.96. The zero-order chi connectivity index (χ0) is 25.7. The highest BCUT2D eigenvalue weighted by atomic mass is 16.5. The molecule has 0 bridgehead atoms. The van der Waals surface area contributed by atoms with E-state index in [-0.39, 0.29) is 12.3 Å². The second kappa shape index (κ2) is 11.0. The van der Waals surface area contributed by atoms with Crippen LogP contribution in [0.15, 0.2) is 83.6 Å². The van der Waals surface area contributed by atoms with E-state index in [0.717, 1.165) is 39.3 Å². The summed E-state index contributed by atoms with van der Waals surface area (Å²) < 4.78 is 17.6. The Balaban J connectivity index is 1.83. The molecule has 1 aliphatic rings. The minimum atomic E-state index is -0.538. The van der Waals surface area contributed by atoms with Gasteiger partial charge in [-0.15, -0.1) is 0 Å². The SMILES string of the molecule is C/C=N\N1C(C(=O)OC)=C(OCc2ccccc2)c2ccc(Oc3cc(C)cc(C)c3)cc2/C1=C\C. The third-order valence-electron chi connectivity index (χ3n) is 5.71. The van der Waals surface area contributed by atoms with Gasteiger partial charge in [0.05, 0.1) is 12.8 Å². The fourth-order valence-electron chi connectivity index (χ4n) is 4.25. The van der Waals surface area contributed by atoms with Gasteiger partial charge in [-0.3, -0.25) is 0 Å². The molecule has 0 atom stereocenters. The van der Waals surface area contributed by atoms with E-state index in [1.807, 2.05) is 87.5 Å². The van der Waals surface area contributed by atoms with Gasteiger partial charge >= 0.3 is 5.97 Å². The molecule has 0 aromatic heterocycles. The number of hydrogen-bond donors (Lipinski definition) is 0. The molecule has 0 spiro atoms. The summed E-state index contributed by atoms with van der Waals surface area (Å²) >= 11 is 0. The Morgan fingerprint density at radius 2 is 1.64 bits per heavy atom. The standard InChI is InChI=1S/C30H30N2O4/c1-6-27-26-18-23(36-24-16-20(3)15-21(4)17-24)13-14-25(26)29(35-19-22-11-9-8-10-12-22)28(30(33)34-5)32(27)31-7-2/h6-18H,19H2,1-5H3/b27-6+,31-7-. The van der Waals surface area contributed by atoms with Crippen molar-refractivity contribution < 1.29 is 19.0 Å². The molecule has 0 saturated carbocycles. The fourth-order valence-corrected chi connectivity index (χ4v) is 4.25. The van der Waals surface area contributed by atoms with Crippen LogP contribution in [0.4, 0.5) is 0 Å². The van der Waals surface area contributed by atoms with Gasteiger partial charge in [-0.05, 0) is 74.7 Å². The summed E-state index contributed by atoms with van der Waals surface area (Å²) in [7, 11) is 1.35. The molecule has 4 rings (SSSR count). The molecular formula is C30H30N2O4. The Bertz CT molecular complexity index is 1340. The summed E-state index contributed by atoms with van der Waals surface area (Å²) in [6, 6.07) is 21.6. The lowest BCUT2D eigenvalue weighted by Gasteiger charge is -2.32. The Labute approximate surface area is 212 Å². The first kappa shape index (κ1) is 24.8. The Morgan fingerprint density at radius 1 is 0.917 bits per heavy atom. The number of rotatable bonds is 7. The number of carbonyl (C=O) groups excluding carboxylic acids is 1. The van der Waals surface area contributed by atoms with Crippen LogP contribution in [0.3, 0.4) is 0 Å². The average Bonchev–Trinajstić information content (AvgIpc) is 2.87. The van der Waals surface area contributed by atoms with Crippen molar-refractivity contribution in [3.8, 4) is 11.5 Å². The van der Waals surface area contributed by atoms with Crippen molar-refractivity contribution in [1.29, 1.82) is 0 Å². The number of nitrogens with zero attached hydrogens (tertiary/aromatic N) is 2. The third kappa shape index (κ3) is 5.18. The molecule has 0 unspecified atom stereocenters.